The molecule has 0 N–H and O–H groups in total. The molecule has 0 aliphatic carbocycles. The van der Waals surface area contributed by atoms with Gasteiger partial charge in [0, 0.05) is 0 Å². The van der Waals surface area contributed by atoms with Crippen molar-refractivity contribution < 1.29 is 0 Å². The molecule has 0 aliphatic rings. The standard InChI is InChI=1S/C2B6/c3-1(4)7-2(5)8-6. The van der Waals surface area contributed by atoms with Crippen molar-refractivity contribution in [3.8, 4) is 0 Å². The van der Waals surface area contributed by atoms with E-state index in [4.69, 9.17) is 30.5 Å². The Kier molecular flexibility index (Phi) is 4.12. The van der Waals surface area contributed by atoms with Crippen molar-refractivity contribution >= 4 is 54.8 Å². The molecule has 0 unspecified atom stereocenters. The molecule has 0 amide bonds. The van der Waals surface area contributed by atoms with E-state index >= 15 is 0 Å². The van der Waals surface area contributed by atoms with Gasteiger partial charge in [-0.1, -0.05) is 0 Å². The molecule has 0 fully saturated rings. The summed E-state index contributed by atoms with van der Waals surface area (Å²) in [6.45, 7) is 2.60. The van der Waals surface area contributed by atoms with Crippen LogP contribution in [0.25, 0.3) is 0 Å². The van der Waals surface area contributed by atoms with Crippen LogP contribution < -0.4 is 0 Å². The van der Waals surface area contributed by atoms with E-state index in [2.05, 4.69) is 0 Å². The minimum atomic E-state index is 0.157. The fraction of sp³-hybridized carbons (Fsp3) is 0. The van der Waals surface area contributed by atoms with Gasteiger partial charge in [-0.05, 0) is 0 Å². The van der Waals surface area contributed by atoms with Crippen molar-refractivity contribution in [2.24, 2.45) is 0 Å². The zero-order valence-corrected chi connectivity index (χ0v) is 4.46. The van der Waals surface area contributed by atoms with Crippen LogP contribution in [-0.2, 0) is 0 Å². The van der Waals surface area contributed by atoms with Gasteiger partial charge in [0.2, 0.25) is 0 Å². The summed E-state index contributed by atoms with van der Waals surface area (Å²) in [7, 11) is 20.2. The van der Waals surface area contributed by atoms with Gasteiger partial charge in [0.05, 0.1) is 0 Å². The SMILES string of the molecule is [B]C(=[B])B=C([B])B=[B]. The predicted octanol–water partition coefficient (Wildman–Crippen LogP) is -2.84. The maximum atomic E-state index is 5.17. The van der Waals surface area contributed by atoms with Crippen LogP contribution in [0.1, 0.15) is 0 Å². The fourth-order valence-electron chi connectivity index (χ4n) is 0.241. The molecule has 26 valence electrons. The summed E-state index contributed by atoms with van der Waals surface area (Å²) in [5.41, 5.74) is 0. The van der Waals surface area contributed by atoms with Crippen LogP contribution in [0, 0.1) is 0 Å². The fourth-order valence-corrected chi connectivity index (χ4v) is 0.241. The molecule has 0 aliphatic heterocycles. The third kappa shape index (κ3) is 4.29. The third-order valence-corrected chi connectivity index (χ3v) is 0.526. The Bertz CT molecular complexity index is 133. The molecule has 0 bridgehead atoms. The summed E-state index contributed by atoms with van der Waals surface area (Å²) in [4.78, 5) is 0. The molecule has 0 spiro atoms. The molecular weight excluding hydrogens is 88.9 g/mol. The van der Waals surface area contributed by atoms with Gasteiger partial charge in [0.25, 0.3) is 0 Å². The van der Waals surface area contributed by atoms with Crippen molar-refractivity contribution in [3.05, 3.63) is 0 Å². The van der Waals surface area contributed by atoms with Crippen molar-refractivity contribution in [3.63, 3.8) is 0 Å². The summed E-state index contributed by atoms with van der Waals surface area (Å²) in [6, 6.07) is 0. The molecular formula is C2B6. The first-order chi connectivity index (χ1) is 3.66. The normalized spacial score (nSPS) is 9.00. The second-order valence-corrected chi connectivity index (χ2v) is 1.31. The van der Waals surface area contributed by atoms with Crippen LogP contribution in [0.5, 0.6) is 0 Å². The van der Waals surface area contributed by atoms with Crippen LogP contribution in [0.15, 0.2) is 0 Å². The molecule has 0 rings (SSSR count). The number of hydrogen-bond acceptors (Lipinski definition) is 0. The van der Waals surface area contributed by atoms with Crippen LogP contribution >= 0.6 is 0 Å². The van der Waals surface area contributed by atoms with E-state index in [1.165, 1.54) is 13.7 Å². The van der Waals surface area contributed by atoms with E-state index in [1.807, 2.05) is 0 Å². The van der Waals surface area contributed by atoms with Gasteiger partial charge in [-0.2, -0.15) is 0 Å². The monoisotopic (exact) mass is 90.1 g/mol. The van der Waals surface area contributed by atoms with Gasteiger partial charge in [-0.25, -0.2) is 0 Å². The zero-order chi connectivity index (χ0) is 6.57. The van der Waals surface area contributed by atoms with Gasteiger partial charge >= 0.3 is 54.8 Å². The van der Waals surface area contributed by atoms with Gasteiger partial charge < -0.3 is 0 Å². The van der Waals surface area contributed by atoms with E-state index in [9.17, 15) is 0 Å². The van der Waals surface area contributed by atoms with Gasteiger partial charge in [-0.3, -0.25) is 0 Å². The quantitative estimate of drug-likeness (QED) is 0.319. The van der Waals surface area contributed by atoms with Crippen molar-refractivity contribution in [2.75, 3.05) is 0 Å². The Morgan fingerprint density at radius 3 is 1.88 bits per heavy atom. The molecule has 0 atom stereocenters. The zero-order valence-electron chi connectivity index (χ0n) is 4.46. The maximum absolute atomic E-state index is 5.17. The summed E-state index contributed by atoms with van der Waals surface area (Å²) in [5, 5.41) is 0.522. The van der Waals surface area contributed by atoms with Crippen LogP contribution in [0.3, 0.4) is 0 Å². The Morgan fingerprint density at radius 1 is 1.25 bits per heavy atom. The Hall–Kier alpha value is 0.130. The second kappa shape index (κ2) is 4.05. The van der Waals surface area contributed by atoms with Crippen molar-refractivity contribution in [2.45, 2.75) is 0 Å². The van der Waals surface area contributed by atoms with Crippen molar-refractivity contribution in [1.82, 2.24) is 0 Å². The average Bonchev–Trinajstić information content (AvgIpc) is 1.65. The Morgan fingerprint density at radius 2 is 1.75 bits per heavy atom. The minimum absolute atomic E-state index is 0.157. The molecule has 6 heteroatoms. The topological polar surface area (TPSA) is 0 Å². The molecule has 0 saturated carbocycles. The average molecular weight is 88.9 g/mol. The number of rotatable bonds is 2. The summed E-state index contributed by atoms with van der Waals surface area (Å²) < 4.78 is 0. The Balaban J connectivity index is 3.94. The first kappa shape index (κ1) is 8.13. The van der Waals surface area contributed by atoms with E-state index in [0.29, 0.717) is 5.26 Å². The summed E-state index contributed by atoms with van der Waals surface area (Å²) in [5.74, 6) is 0. The molecule has 0 heterocycles. The van der Waals surface area contributed by atoms with Crippen LogP contribution in [0.4, 0.5) is 0 Å². The first-order valence-corrected chi connectivity index (χ1v) is 2.07. The molecule has 0 aromatic carbocycles. The predicted molar refractivity (Wildman–Crippen MR) is 44.5 cm³/mol. The third-order valence-electron chi connectivity index (χ3n) is 0.526. The molecule has 0 nitrogen and oxygen atoms in total. The van der Waals surface area contributed by atoms with E-state index in [-0.39, 0.29) is 5.26 Å². The number of hydrogen-bond donors (Lipinski definition) is 0. The van der Waals surface area contributed by atoms with Gasteiger partial charge in [-0.15, -0.1) is 0 Å². The summed E-state index contributed by atoms with van der Waals surface area (Å²) in [6.07, 6.45) is 0. The van der Waals surface area contributed by atoms with E-state index < -0.39 is 0 Å². The first-order valence-electron chi connectivity index (χ1n) is 2.07. The second-order valence-electron chi connectivity index (χ2n) is 1.31. The molecule has 0 saturated heterocycles. The Labute approximate surface area is 55.5 Å². The van der Waals surface area contributed by atoms with Gasteiger partial charge in [0.1, 0.15) is 0 Å². The van der Waals surface area contributed by atoms with Crippen LogP contribution in [-0.4, -0.2) is 54.8 Å². The molecule has 0 aromatic rings. The van der Waals surface area contributed by atoms with E-state index in [0.717, 1.165) is 0 Å². The molecule has 6 radical (unpaired) electrons. The van der Waals surface area contributed by atoms with Crippen molar-refractivity contribution in [1.29, 1.82) is 0 Å². The van der Waals surface area contributed by atoms with Crippen LogP contribution in [0.2, 0.25) is 0 Å². The molecule has 0 aromatic heterocycles. The molecule has 8 heavy (non-hydrogen) atoms. The van der Waals surface area contributed by atoms with E-state index in [1.54, 1.807) is 0 Å². The summed E-state index contributed by atoms with van der Waals surface area (Å²) >= 11 is 0. The van der Waals surface area contributed by atoms with Gasteiger partial charge in [0.15, 0.2) is 0 Å².